The van der Waals surface area contributed by atoms with Crippen LogP contribution in [0.4, 0.5) is 5.82 Å². The summed E-state index contributed by atoms with van der Waals surface area (Å²) < 4.78 is 4.35. The van der Waals surface area contributed by atoms with Gasteiger partial charge >= 0.3 is 0 Å². The van der Waals surface area contributed by atoms with Crippen LogP contribution in [0.25, 0.3) is 11.2 Å². The minimum atomic E-state index is 0.177. The van der Waals surface area contributed by atoms with Crippen LogP contribution in [0.15, 0.2) is 11.0 Å². The summed E-state index contributed by atoms with van der Waals surface area (Å²) in [4.78, 5) is 7.38. The molecule has 56 valence electrons. The monoisotopic (exact) mass is 153 g/mol. The van der Waals surface area contributed by atoms with Gasteiger partial charge in [0.25, 0.3) is 0 Å². The van der Waals surface area contributed by atoms with Crippen LogP contribution in [0, 0.1) is 0 Å². The number of aromatic nitrogens is 4. The van der Waals surface area contributed by atoms with Crippen LogP contribution in [0.2, 0.25) is 0 Å². The molecule has 2 aromatic rings. The van der Waals surface area contributed by atoms with E-state index >= 15 is 0 Å². The molecule has 2 aromatic heterocycles. The number of nitrogens with one attached hydrogen (secondary N) is 1. The number of fused-ring (bicyclic) bond motifs is 1. The number of hydrogen-bond acceptors (Lipinski definition) is 7. The highest BCUT2D eigenvalue weighted by atomic mass is 16.6. The van der Waals surface area contributed by atoms with E-state index in [9.17, 15) is 0 Å². The lowest BCUT2D eigenvalue weighted by atomic mass is 10.5. The van der Waals surface area contributed by atoms with Crippen molar-refractivity contribution in [1.29, 1.82) is 0 Å². The first-order valence-corrected chi connectivity index (χ1v) is 2.75. The van der Waals surface area contributed by atoms with E-state index in [0.717, 1.165) is 0 Å². The van der Waals surface area contributed by atoms with Crippen LogP contribution in [0.3, 0.4) is 0 Å². The van der Waals surface area contributed by atoms with Crippen LogP contribution in [0.1, 0.15) is 0 Å². The number of rotatable bonds is 1. The molecule has 0 atom stereocenters. The van der Waals surface area contributed by atoms with Crippen molar-refractivity contribution in [3.63, 3.8) is 0 Å². The van der Waals surface area contributed by atoms with Gasteiger partial charge < -0.3 is 0 Å². The fourth-order valence-corrected chi connectivity index (χ4v) is 0.702. The van der Waals surface area contributed by atoms with Crippen LogP contribution in [-0.4, -0.2) is 25.5 Å². The Hall–Kier alpha value is -1.76. The Balaban J connectivity index is 2.79. The van der Waals surface area contributed by atoms with Crippen molar-refractivity contribution in [2.45, 2.75) is 0 Å². The van der Waals surface area contributed by atoms with Gasteiger partial charge in [0.1, 0.15) is 6.33 Å². The maximum absolute atomic E-state index is 8.50. The summed E-state index contributed by atoms with van der Waals surface area (Å²) in [6, 6.07) is 0. The van der Waals surface area contributed by atoms with Gasteiger partial charge in [0.2, 0.25) is 5.65 Å². The summed E-state index contributed by atoms with van der Waals surface area (Å²) in [5, 5.41) is 15.4. The second-order valence-electron chi connectivity index (χ2n) is 1.77. The Bertz CT molecular complexity index is 371. The summed E-state index contributed by atoms with van der Waals surface area (Å²) in [5.74, 6) is 0.177. The van der Waals surface area contributed by atoms with Crippen LogP contribution in [0.5, 0.6) is 0 Å². The third kappa shape index (κ3) is 0.783. The quantitative estimate of drug-likeness (QED) is 0.548. The predicted molar refractivity (Wildman–Crippen MR) is 32.8 cm³/mol. The highest BCUT2D eigenvalue weighted by Crippen LogP contribution is 2.12. The first-order valence-electron chi connectivity index (χ1n) is 2.75. The lowest BCUT2D eigenvalue weighted by molar-refractivity contribution is 0.314. The average molecular weight is 153 g/mol. The molecule has 0 amide bonds. The molecule has 2 rings (SSSR count). The van der Waals surface area contributed by atoms with Gasteiger partial charge in [-0.3, -0.25) is 10.7 Å². The molecule has 2 N–H and O–H groups in total. The van der Waals surface area contributed by atoms with E-state index in [1.165, 1.54) is 6.33 Å². The van der Waals surface area contributed by atoms with Crippen molar-refractivity contribution in [2.24, 2.45) is 0 Å². The second-order valence-corrected chi connectivity index (χ2v) is 1.77. The summed E-state index contributed by atoms with van der Waals surface area (Å²) in [7, 11) is 0. The van der Waals surface area contributed by atoms with E-state index in [-0.39, 0.29) is 5.82 Å². The molecule has 0 fully saturated rings. The molecule has 0 radical (unpaired) electrons. The van der Waals surface area contributed by atoms with Gasteiger partial charge in [-0.05, 0) is 10.3 Å². The molecule has 0 saturated heterocycles. The minimum absolute atomic E-state index is 0.177. The second kappa shape index (κ2) is 2.13. The molecule has 2 heterocycles. The standard InChI is InChI=1S/C4H3N5O2/c10-7-3-2-4(6-1-5-3)9-11-8-2/h1,10H,(H,5,6,7,9). The van der Waals surface area contributed by atoms with E-state index in [0.29, 0.717) is 11.2 Å². The molecule has 0 aliphatic rings. The zero-order valence-electron chi connectivity index (χ0n) is 5.22. The molecule has 0 aliphatic heterocycles. The Morgan fingerprint density at radius 1 is 1.36 bits per heavy atom. The fourth-order valence-electron chi connectivity index (χ4n) is 0.702. The molecule has 7 nitrogen and oxygen atoms in total. The van der Waals surface area contributed by atoms with Gasteiger partial charge in [0.05, 0.1) is 0 Å². The maximum atomic E-state index is 8.50. The van der Waals surface area contributed by atoms with Gasteiger partial charge in [-0.1, -0.05) is 0 Å². The van der Waals surface area contributed by atoms with Gasteiger partial charge in [-0.2, -0.15) is 0 Å². The molecule has 11 heavy (non-hydrogen) atoms. The Morgan fingerprint density at radius 3 is 3.09 bits per heavy atom. The van der Waals surface area contributed by atoms with Crippen LogP contribution < -0.4 is 5.48 Å². The van der Waals surface area contributed by atoms with Crippen molar-refractivity contribution >= 4 is 17.0 Å². The minimum Gasteiger partial charge on any atom is -0.290 e. The molecule has 0 saturated carbocycles. The van der Waals surface area contributed by atoms with Gasteiger partial charge in [0, 0.05) is 0 Å². The lowest BCUT2D eigenvalue weighted by Gasteiger charge is -1.92. The maximum Gasteiger partial charge on any atom is 0.229 e. The van der Waals surface area contributed by atoms with Crippen molar-refractivity contribution in [3.8, 4) is 0 Å². The third-order valence-electron chi connectivity index (χ3n) is 1.17. The van der Waals surface area contributed by atoms with E-state index < -0.39 is 0 Å². The highest BCUT2D eigenvalue weighted by molar-refractivity contribution is 5.80. The summed E-state index contributed by atoms with van der Waals surface area (Å²) >= 11 is 0. The van der Waals surface area contributed by atoms with E-state index in [1.54, 1.807) is 0 Å². The van der Waals surface area contributed by atoms with Crippen LogP contribution >= 0.6 is 0 Å². The zero-order chi connectivity index (χ0) is 7.68. The molecule has 0 spiro atoms. The predicted octanol–water partition coefficient (Wildman–Crippen LogP) is -0.186. The fraction of sp³-hybridized carbons (Fsp3) is 0. The van der Waals surface area contributed by atoms with Gasteiger partial charge in [-0.25, -0.2) is 14.6 Å². The first-order chi connectivity index (χ1) is 5.42. The SMILES string of the molecule is ONc1ncnc2nonc12. The highest BCUT2D eigenvalue weighted by Gasteiger charge is 2.06. The molecule has 0 unspecified atom stereocenters. The summed E-state index contributed by atoms with van der Waals surface area (Å²) in [6.45, 7) is 0. The van der Waals surface area contributed by atoms with E-state index in [1.807, 2.05) is 5.48 Å². The smallest absolute Gasteiger partial charge is 0.229 e. The number of hydrogen-bond donors (Lipinski definition) is 2. The van der Waals surface area contributed by atoms with Crippen molar-refractivity contribution in [2.75, 3.05) is 5.48 Å². The zero-order valence-corrected chi connectivity index (χ0v) is 5.22. The molecular formula is C4H3N5O2. The van der Waals surface area contributed by atoms with Gasteiger partial charge in [0.15, 0.2) is 11.3 Å². The van der Waals surface area contributed by atoms with Crippen molar-refractivity contribution < 1.29 is 9.84 Å². The summed E-state index contributed by atoms with van der Waals surface area (Å²) in [6.07, 6.45) is 1.24. The topological polar surface area (TPSA) is 97.0 Å². The Morgan fingerprint density at radius 2 is 2.27 bits per heavy atom. The molecule has 0 bridgehead atoms. The molecular weight excluding hydrogens is 150 g/mol. The first kappa shape index (κ1) is 5.98. The van der Waals surface area contributed by atoms with E-state index in [4.69, 9.17) is 5.21 Å². The number of nitrogens with zero attached hydrogens (tertiary/aromatic N) is 4. The molecule has 0 aromatic carbocycles. The van der Waals surface area contributed by atoms with Crippen molar-refractivity contribution in [1.82, 2.24) is 20.3 Å². The normalized spacial score (nSPS) is 10.3. The average Bonchev–Trinajstić information content (AvgIpc) is 2.50. The van der Waals surface area contributed by atoms with Crippen molar-refractivity contribution in [3.05, 3.63) is 6.33 Å². The summed E-state index contributed by atoms with van der Waals surface area (Å²) in [5.41, 5.74) is 2.45. The lowest BCUT2D eigenvalue weighted by Crippen LogP contribution is -1.94. The Labute approximate surface area is 60.0 Å². The third-order valence-corrected chi connectivity index (χ3v) is 1.17. The molecule has 0 aliphatic carbocycles. The number of anilines is 1. The van der Waals surface area contributed by atoms with E-state index in [2.05, 4.69) is 24.9 Å². The van der Waals surface area contributed by atoms with Gasteiger partial charge in [-0.15, -0.1) is 0 Å². The largest absolute Gasteiger partial charge is 0.290 e. The Kier molecular flexibility index (Phi) is 1.16. The van der Waals surface area contributed by atoms with Crippen LogP contribution in [-0.2, 0) is 0 Å². The molecule has 7 heteroatoms.